The van der Waals surface area contributed by atoms with Gasteiger partial charge in [0.1, 0.15) is 17.6 Å². The van der Waals surface area contributed by atoms with Crippen LogP contribution in [0.2, 0.25) is 0 Å². The van der Waals surface area contributed by atoms with Crippen molar-refractivity contribution < 1.29 is 13.2 Å². The van der Waals surface area contributed by atoms with Gasteiger partial charge in [0.15, 0.2) is 0 Å². The summed E-state index contributed by atoms with van der Waals surface area (Å²) in [6.45, 7) is 5.76. The van der Waals surface area contributed by atoms with Crippen LogP contribution < -0.4 is 11.1 Å². The van der Waals surface area contributed by atoms with Crippen LogP contribution in [-0.4, -0.2) is 17.1 Å². The molecule has 0 radical (unpaired) electrons. The van der Waals surface area contributed by atoms with Crippen LogP contribution in [0.3, 0.4) is 0 Å². The highest BCUT2D eigenvalue weighted by atomic mass is 19.4. The number of nitrogens with zero attached hydrogens (tertiary/aromatic N) is 2. The van der Waals surface area contributed by atoms with Crippen molar-refractivity contribution in [3.8, 4) is 6.07 Å². The highest BCUT2D eigenvalue weighted by Gasteiger charge is 2.34. The van der Waals surface area contributed by atoms with Crippen molar-refractivity contribution in [1.82, 2.24) is 4.98 Å². The molecule has 110 valence electrons. The molecule has 1 rings (SSSR count). The lowest BCUT2D eigenvalue weighted by atomic mass is 9.88. The Bertz CT molecular complexity index is 519. The number of alkyl halides is 3. The summed E-state index contributed by atoms with van der Waals surface area (Å²) in [6, 6.07) is 3.72. The van der Waals surface area contributed by atoms with Crippen LogP contribution in [-0.2, 0) is 6.18 Å². The third-order valence-electron chi connectivity index (χ3n) is 3.41. The molecule has 1 unspecified atom stereocenters. The van der Waals surface area contributed by atoms with E-state index in [1.807, 2.05) is 19.9 Å². The summed E-state index contributed by atoms with van der Waals surface area (Å²) in [5, 5.41) is 11.9. The number of rotatable bonds is 4. The van der Waals surface area contributed by atoms with E-state index >= 15 is 0 Å². The maximum Gasteiger partial charge on any atom is 0.433 e. The molecule has 0 aliphatic carbocycles. The first kappa shape index (κ1) is 16.2. The Morgan fingerprint density at radius 2 is 2.00 bits per heavy atom. The summed E-state index contributed by atoms with van der Waals surface area (Å²) >= 11 is 0. The Labute approximate surface area is 115 Å². The van der Waals surface area contributed by atoms with Gasteiger partial charge in [0.05, 0.1) is 11.1 Å². The molecule has 0 saturated carbocycles. The van der Waals surface area contributed by atoms with Crippen LogP contribution in [0.5, 0.6) is 0 Å². The van der Waals surface area contributed by atoms with E-state index < -0.39 is 17.4 Å². The minimum Gasteiger partial charge on any atom is -0.362 e. The smallest absolute Gasteiger partial charge is 0.362 e. The van der Waals surface area contributed by atoms with E-state index in [0.717, 1.165) is 12.1 Å². The van der Waals surface area contributed by atoms with Crippen LogP contribution in [0.1, 0.15) is 32.0 Å². The minimum absolute atomic E-state index is 0.0513. The molecular weight excluding hydrogens is 269 g/mol. The van der Waals surface area contributed by atoms with Gasteiger partial charge in [-0.3, -0.25) is 0 Å². The van der Waals surface area contributed by atoms with Crippen molar-refractivity contribution in [2.45, 2.75) is 32.5 Å². The average molecular weight is 286 g/mol. The van der Waals surface area contributed by atoms with Gasteiger partial charge >= 0.3 is 6.18 Å². The molecular formula is C13H17F3N4. The summed E-state index contributed by atoms with van der Waals surface area (Å²) in [6.07, 6.45) is -4.55. The van der Waals surface area contributed by atoms with Gasteiger partial charge in [-0.1, -0.05) is 13.8 Å². The zero-order chi connectivity index (χ0) is 15.6. The van der Waals surface area contributed by atoms with Crippen molar-refractivity contribution in [3.63, 3.8) is 0 Å². The lowest BCUT2D eigenvalue weighted by Gasteiger charge is -2.34. The minimum atomic E-state index is -4.55. The van der Waals surface area contributed by atoms with E-state index in [-0.39, 0.29) is 23.8 Å². The molecule has 0 fully saturated rings. The molecule has 0 aromatic carbocycles. The number of pyridine rings is 1. The monoisotopic (exact) mass is 286 g/mol. The highest BCUT2D eigenvalue weighted by molar-refractivity contribution is 5.54. The molecule has 0 aliphatic rings. The van der Waals surface area contributed by atoms with E-state index in [0.29, 0.717) is 0 Å². The van der Waals surface area contributed by atoms with Gasteiger partial charge in [-0.25, -0.2) is 4.98 Å². The van der Waals surface area contributed by atoms with E-state index in [1.54, 1.807) is 6.92 Å². The van der Waals surface area contributed by atoms with Crippen molar-refractivity contribution in [3.05, 3.63) is 23.4 Å². The van der Waals surface area contributed by atoms with E-state index in [1.165, 1.54) is 0 Å². The second-order valence-corrected chi connectivity index (χ2v) is 5.10. The fourth-order valence-electron chi connectivity index (χ4n) is 1.50. The van der Waals surface area contributed by atoms with Gasteiger partial charge < -0.3 is 11.1 Å². The summed E-state index contributed by atoms with van der Waals surface area (Å²) in [4.78, 5) is 3.52. The van der Waals surface area contributed by atoms with Crippen LogP contribution in [0.4, 0.5) is 19.0 Å². The first-order chi connectivity index (χ1) is 9.14. The van der Waals surface area contributed by atoms with Crippen molar-refractivity contribution in [2.24, 2.45) is 11.7 Å². The second-order valence-electron chi connectivity index (χ2n) is 5.10. The van der Waals surface area contributed by atoms with E-state index in [2.05, 4.69) is 10.3 Å². The summed E-state index contributed by atoms with van der Waals surface area (Å²) < 4.78 is 38.0. The largest absolute Gasteiger partial charge is 0.433 e. The third-order valence-corrected chi connectivity index (χ3v) is 3.41. The normalized spacial score (nSPS) is 14.8. The predicted molar refractivity (Wildman–Crippen MR) is 69.9 cm³/mol. The van der Waals surface area contributed by atoms with Gasteiger partial charge in [0.25, 0.3) is 0 Å². The lowest BCUT2D eigenvalue weighted by molar-refractivity contribution is -0.141. The Morgan fingerprint density at radius 3 is 2.40 bits per heavy atom. The van der Waals surface area contributed by atoms with Crippen LogP contribution in [0.25, 0.3) is 0 Å². The summed E-state index contributed by atoms with van der Waals surface area (Å²) in [5.41, 5.74) is 4.04. The lowest BCUT2D eigenvalue weighted by Crippen LogP contribution is -2.47. The molecule has 1 aromatic heterocycles. The topological polar surface area (TPSA) is 74.7 Å². The van der Waals surface area contributed by atoms with Gasteiger partial charge in [0, 0.05) is 6.54 Å². The number of nitriles is 1. The summed E-state index contributed by atoms with van der Waals surface area (Å²) in [7, 11) is 0. The first-order valence-corrected chi connectivity index (χ1v) is 6.10. The Hall–Kier alpha value is -1.81. The zero-order valence-electron chi connectivity index (χ0n) is 11.5. The first-order valence-electron chi connectivity index (χ1n) is 6.10. The molecule has 0 saturated heterocycles. The number of aromatic nitrogens is 1. The van der Waals surface area contributed by atoms with Crippen molar-refractivity contribution in [1.29, 1.82) is 5.26 Å². The van der Waals surface area contributed by atoms with Gasteiger partial charge in [-0.15, -0.1) is 0 Å². The Kier molecular flexibility index (Phi) is 4.61. The molecule has 0 spiro atoms. The van der Waals surface area contributed by atoms with Crippen LogP contribution in [0.15, 0.2) is 12.1 Å². The van der Waals surface area contributed by atoms with E-state index in [9.17, 15) is 13.2 Å². The highest BCUT2D eigenvalue weighted by Crippen LogP contribution is 2.30. The zero-order valence-corrected chi connectivity index (χ0v) is 11.5. The molecule has 0 amide bonds. The number of halogens is 3. The molecule has 4 nitrogen and oxygen atoms in total. The fourth-order valence-corrected chi connectivity index (χ4v) is 1.50. The number of hydrogen-bond acceptors (Lipinski definition) is 4. The number of hydrogen-bond donors (Lipinski definition) is 2. The molecule has 0 aliphatic heterocycles. The number of nitrogens with one attached hydrogen (secondary N) is 1. The standard InChI is InChI=1S/C13H17F3N4/c1-8(2)12(3,7-18)20-11-9(6-17)4-5-10(19-11)13(14,15)16/h4-5,8H,7,18H2,1-3H3,(H,19,20). The van der Waals surface area contributed by atoms with Crippen LogP contribution in [0, 0.1) is 17.2 Å². The molecule has 0 bridgehead atoms. The molecule has 7 heteroatoms. The van der Waals surface area contributed by atoms with Crippen molar-refractivity contribution >= 4 is 5.82 Å². The molecule has 1 heterocycles. The number of anilines is 1. The molecule has 1 atom stereocenters. The van der Waals surface area contributed by atoms with Crippen LogP contribution >= 0.6 is 0 Å². The number of nitrogens with two attached hydrogens (primary N) is 1. The van der Waals surface area contributed by atoms with Gasteiger partial charge in [-0.2, -0.15) is 18.4 Å². The third kappa shape index (κ3) is 3.39. The molecule has 20 heavy (non-hydrogen) atoms. The average Bonchev–Trinajstić information content (AvgIpc) is 2.37. The Morgan fingerprint density at radius 1 is 1.40 bits per heavy atom. The van der Waals surface area contributed by atoms with Crippen molar-refractivity contribution in [2.75, 3.05) is 11.9 Å². The Balaban J connectivity index is 3.26. The maximum absolute atomic E-state index is 12.7. The fraction of sp³-hybridized carbons (Fsp3) is 0.538. The molecule has 3 N–H and O–H groups in total. The predicted octanol–water partition coefficient (Wildman–Crippen LogP) is 2.76. The molecule has 1 aromatic rings. The second kappa shape index (κ2) is 5.67. The quantitative estimate of drug-likeness (QED) is 0.892. The van der Waals surface area contributed by atoms with E-state index in [4.69, 9.17) is 11.0 Å². The summed E-state index contributed by atoms with van der Waals surface area (Å²) in [5.74, 6) is -0.0423. The van der Waals surface area contributed by atoms with Gasteiger partial charge in [0.2, 0.25) is 0 Å². The SMILES string of the molecule is CC(C)C(C)(CN)Nc1nc(C(F)(F)F)ccc1C#N. The maximum atomic E-state index is 12.7. The van der Waals surface area contributed by atoms with Gasteiger partial charge in [-0.05, 0) is 25.0 Å².